The predicted molar refractivity (Wildman–Crippen MR) is 475 cm³/mol. The normalized spacial score (nSPS) is 13.8. The Morgan fingerprint density at radius 3 is 1.29 bits per heavy atom. The second-order valence-corrected chi connectivity index (χ2v) is 37.0. The number of para-hydroxylation sites is 1. The number of benzene rings is 15. The van der Waals surface area contributed by atoms with E-state index in [0.29, 0.717) is 16.8 Å². The molecule has 0 N–H and O–H groups in total. The van der Waals surface area contributed by atoms with Crippen LogP contribution in [0.15, 0.2) is 285 Å². The Morgan fingerprint density at radius 1 is 0.321 bits per heavy atom. The van der Waals surface area contributed by atoms with Gasteiger partial charge in [-0.25, -0.2) is 0 Å². The number of anilines is 6. The number of nitrogens with zero attached hydrogens (tertiary/aromatic N) is 3. The van der Waals surface area contributed by atoms with Crippen molar-refractivity contribution in [3.05, 3.63) is 313 Å². The number of hydrogen-bond acceptors (Lipinski definition) is 3. The van der Waals surface area contributed by atoms with Crippen LogP contribution in [0.1, 0.15) is 136 Å². The maximum atomic E-state index is 12.2. The zero-order valence-corrected chi connectivity index (χ0v) is 66.0. The van der Waals surface area contributed by atoms with E-state index in [9.17, 15) is 4.11 Å². The molecule has 2 aromatic heterocycles. The molecule has 0 bridgehead atoms. The summed E-state index contributed by atoms with van der Waals surface area (Å²) < 4.78 is 39.7. The predicted octanol–water partition coefficient (Wildman–Crippen LogP) is 27.8. The Bertz CT molecular complexity index is 6570. The minimum atomic E-state index is -0.674. The topological polar surface area (TPSA) is 11.4 Å². The van der Waals surface area contributed by atoms with E-state index in [2.05, 4.69) is 385 Å². The molecule has 0 saturated heterocycles. The summed E-state index contributed by atoms with van der Waals surface area (Å²) >= 11 is 1.81. The summed E-state index contributed by atoms with van der Waals surface area (Å²) in [7, 11) is 0. The van der Waals surface area contributed by atoms with Crippen LogP contribution in [-0.4, -0.2) is 11.3 Å². The standard InChI is InChI=1S/C104H92BN3S/c1-100(2,3)72-46-49-79-91(61-72)109-99-98(79)108(97-83(65-35-24-18-25-36-65)59-76(104(13,14)15)60-84(97)66-37-26-19-27-38-66)90-55-71(70-51-73(101(4,5)6)56-74(52-70)102(7,8)9)54-89-94(90)105(99)86-50-47-77(106-87-42-29-28-41-78(87)85-53-69-44-43-67-39-30-40-68-45-48-80(95(85)106)93(69)92(67)68)62-88(86)107(89)96-81(63-31-20-16-21-32-63)57-75(103(10,11)12)58-82(96)64-33-22-17-23-34-64/h16-62H,1-15H3/i47D,50D,62D. The molecule has 2 aliphatic rings. The second-order valence-electron chi connectivity index (χ2n) is 35.9. The van der Waals surface area contributed by atoms with Crippen LogP contribution < -0.4 is 25.5 Å². The van der Waals surface area contributed by atoms with E-state index in [1.165, 1.54) is 27.6 Å². The van der Waals surface area contributed by atoms with Gasteiger partial charge in [-0.2, -0.15) is 0 Å². The van der Waals surface area contributed by atoms with Crippen LogP contribution in [0, 0.1) is 0 Å². The highest BCUT2D eigenvalue weighted by Gasteiger charge is 2.48. The van der Waals surface area contributed by atoms with Gasteiger partial charge in [-0.05, 0) is 193 Å². The molecule has 109 heavy (non-hydrogen) atoms. The maximum Gasteiger partial charge on any atom is 0.264 e. The Morgan fingerprint density at radius 2 is 0.771 bits per heavy atom. The van der Waals surface area contributed by atoms with Gasteiger partial charge in [-0.1, -0.05) is 322 Å². The summed E-state index contributed by atoms with van der Waals surface area (Å²) in [4.78, 5) is 5.13. The molecule has 0 atom stereocenters. The molecule has 0 amide bonds. The summed E-state index contributed by atoms with van der Waals surface area (Å²) in [5.41, 5.74) is 24.6. The Labute approximate surface area is 651 Å². The molecule has 0 fully saturated rings. The largest absolute Gasteiger partial charge is 0.310 e. The zero-order chi connectivity index (χ0) is 77.7. The van der Waals surface area contributed by atoms with Crippen molar-refractivity contribution in [2.75, 3.05) is 9.80 Å². The van der Waals surface area contributed by atoms with Gasteiger partial charge >= 0.3 is 0 Å². The monoisotopic (exact) mass is 1430 g/mol. The van der Waals surface area contributed by atoms with E-state index < -0.39 is 6.71 Å². The van der Waals surface area contributed by atoms with Gasteiger partial charge in [0.15, 0.2) is 0 Å². The van der Waals surface area contributed by atoms with Gasteiger partial charge in [0.2, 0.25) is 0 Å². The SMILES string of the molecule is [2H]c1c([2H])c(-n2c3ccccc3c3cc4ccc5cccc6ccc(c4c56)c32)c([2H])c2c1B1c3sc4cc(C(C)(C)C)ccc4c3N(c3c(-c4ccccc4)cc(C(C)(C)C)cc3-c3ccccc3)c3cc(-c4cc(C(C)(C)C)cc(C(C)(C)C)c4)cc(c31)N2c1c(-c2ccccc2)cc(C(C)(C)C)cc1-c1ccccc1. The van der Waals surface area contributed by atoms with Crippen LogP contribution in [-0.2, 0) is 27.1 Å². The number of hydrogen-bond donors (Lipinski definition) is 0. The van der Waals surface area contributed by atoms with Gasteiger partial charge in [-0.3, -0.25) is 0 Å². The molecule has 17 aromatic rings. The fraction of sp³-hybridized carbons (Fsp3) is 0.192. The van der Waals surface area contributed by atoms with Crippen LogP contribution in [0.2, 0.25) is 0 Å². The first-order valence-electron chi connectivity index (χ1n) is 40.3. The van der Waals surface area contributed by atoms with E-state index in [0.717, 1.165) is 159 Å². The average Bonchev–Trinajstić information content (AvgIpc) is 1.31. The number of thiophene rings is 1. The van der Waals surface area contributed by atoms with Crippen molar-refractivity contribution in [3.8, 4) is 61.3 Å². The molecule has 5 heteroatoms. The van der Waals surface area contributed by atoms with E-state index in [-0.39, 0.29) is 45.2 Å². The lowest BCUT2D eigenvalue weighted by Gasteiger charge is -2.45. The van der Waals surface area contributed by atoms with Crippen molar-refractivity contribution in [2.24, 2.45) is 0 Å². The lowest BCUT2D eigenvalue weighted by molar-refractivity contribution is 0.569. The highest BCUT2D eigenvalue weighted by Crippen LogP contribution is 2.58. The molecule has 4 heterocycles. The molecule has 15 aromatic carbocycles. The van der Waals surface area contributed by atoms with Crippen LogP contribution in [0.5, 0.6) is 0 Å². The summed E-state index contributed by atoms with van der Waals surface area (Å²) in [5, 5.41) is 9.96. The molecular weight excluding hydrogens is 1330 g/mol. The van der Waals surface area contributed by atoms with Crippen molar-refractivity contribution < 1.29 is 4.11 Å². The van der Waals surface area contributed by atoms with Crippen molar-refractivity contribution in [3.63, 3.8) is 0 Å². The molecule has 0 radical (unpaired) electrons. The number of aromatic nitrogens is 1. The van der Waals surface area contributed by atoms with Crippen LogP contribution in [0.4, 0.5) is 34.1 Å². The van der Waals surface area contributed by atoms with Crippen molar-refractivity contribution in [2.45, 2.75) is 131 Å². The van der Waals surface area contributed by atoms with Crippen molar-refractivity contribution >= 4 is 132 Å². The minimum Gasteiger partial charge on any atom is -0.310 e. The van der Waals surface area contributed by atoms with Gasteiger partial charge in [0, 0.05) is 76.0 Å². The number of fused-ring (bicyclic) bond motifs is 10. The van der Waals surface area contributed by atoms with Gasteiger partial charge in [-0.15, -0.1) is 11.3 Å². The zero-order valence-electron chi connectivity index (χ0n) is 68.2. The van der Waals surface area contributed by atoms with E-state index >= 15 is 0 Å². The first-order chi connectivity index (χ1) is 53.5. The smallest absolute Gasteiger partial charge is 0.264 e. The first-order valence-corrected chi connectivity index (χ1v) is 39.7. The van der Waals surface area contributed by atoms with E-state index in [4.69, 9.17) is 0 Å². The fourth-order valence-corrected chi connectivity index (χ4v) is 18.9. The molecule has 532 valence electrons. The third-order valence-electron chi connectivity index (χ3n) is 23.5. The lowest BCUT2D eigenvalue weighted by atomic mass is 9.36. The maximum absolute atomic E-state index is 12.2. The molecule has 0 saturated carbocycles. The molecule has 2 aliphatic heterocycles. The Kier molecular flexibility index (Phi) is 14.7. The lowest BCUT2D eigenvalue weighted by Crippen LogP contribution is -2.60. The fourth-order valence-electron chi connectivity index (χ4n) is 17.6. The highest BCUT2D eigenvalue weighted by molar-refractivity contribution is 7.33. The first kappa shape index (κ1) is 64.9. The molecule has 0 aliphatic carbocycles. The van der Waals surface area contributed by atoms with Crippen LogP contribution in [0.3, 0.4) is 0 Å². The summed E-state index contributed by atoms with van der Waals surface area (Å²) in [5.74, 6) is 0. The average molecular weight is 1430 g/mol. The number of rotatable bonds is 8. The van der Waals surface area contributed by atoms with E-state index in [1.54, 1.807) is 0 Å². The van der Waals surface area contributed by atoms with Gasteiger partial charge in [0.1, 0.15) is 0 Å². The van der Waals surface area contributed by atoms with Gasteiger partial charge in [0.05, 0.1) is 32.2 Å². The summed E-state index contributed by atoms with van der Waals surface area (Å²) in [6.45, 7) is 34.2. The molecule has 3 nitrogen and oxygen atoms in total. The quantitative estimate of drug-likeness (QED) is 0.111. The molecule has 19 rings (SSSR count). The minimum absolute atomic E-state index is 0.00220. The van der Waals surface area contributed by atoms with E-state index in [1.807, 2.05) is 11.3 Å². The van der Waals surface area contributed by atoms with Crippen molar-refractivity contribution in [1.82, 2.24) is 4.57 Å². The molecule has 0 unspecified atom stereocenters. The second kappa shape index (κ2) is 24.6. The third-order valence-corrected chi connectivity index (χ3v) is 24.7. The van der Waals surface area contributed by atoms with Crippen LogP contribution in [0.25, 0.3) is 126 Å². The van der Waals surface area contributed by atoms with Gasteiger partial charge < -0.3 is 14.4 Å². The summed E-state index contributed by atoms with van der Waals surface area (Å²) in [6.07, 6.45) is 0. The summed E-state index contributed by atoms with van der Waals surface area (Å²) in [6, 6.07) is 99.8. The van der Waals surface area contributed by atoms with Crippen molar-refractivity contribution in [1.29, 1.82) is 0 Å². The molecule has 0 spiro atoms. The Balaban J connectivity index is 1.07. The molecular formula is C104H92BN3S. The van der Waals surface area contributed by atoms with Crippen LogP contribution >= 0.6 is 11.3 Å². The van der Waals surface area contributed by atoms with Gasteiger partial charge in [0.25, 0.3) is 6.71 Å². The third kappa shape index (κ3) is 11.1. The Hall–Kier alpha value is -11.2. The highest BCUT2D eigenvalue weighted by atomic mass is 32.1.